The lowest BCUT2D eigenvalue weighted by Gasteiger charge is -2.37. The van der Waals surface area contributed by atoms with E-state index in [0.29, 0.717) is 6.04 Å². The molecule has 5 heteroatoms. The van der Waals surface area contributed by atoms with E-state index >= 15 is 0 Å². The van der Waals surface area contributed by atoms with E-state index in [1.165, 1.54) is 42.5 Å². The molecule has 1 aliphatic carbocycles. The molecule has 0 amide bonds. The van der Waals surface area contributed by atoms with Crippen molar-refractivity contribution in [3.63, 3.8) is 0 Å². The first kappa shape index (κ1) is 17.1. The largest absolute Gasteiger partial charge is 0.368 e. The molecule has 138 valence electrons. The van der Waals surface area contributed by atoms with Crippen LogP contribution in [0.25, 0.3) is 0 Å². The van der Waals surface area contributed by atoms with Gasteiger partial charge in [0.05, 0.1) is 0 Å². The minimum Gasteiger partial charge on any atom is -0.368 e. The zero-order chi connectivity index (χ0) is 17.9. The lowest BCUT2D eigenvalue weighted by atomic mass is 10.1. The van der Waals surface area contributed by atoms with Crippen molar-refractivity contribution in [3.8, 4) is 0 Å². The van der Waals surface area contributed by atoms with Crippen molar-refractivity contribution in [1.29, 1.82) is 0 Å². The van der Waals surface area contributed by atoms with Crippen LogP contribution in [0.4, 0.5) is 17.3 Å². The third kappa shape index (κ3) is 3.62. The second-order valence-electron chi connectivity index (χ2n) is 7.58. The van der Waals surface area contributed by atoms with Gasteiger partial charge in [0.15, 0.2) is 0 Å². The van der Waals surface area contributed by atoms with Crippen molar-refractivity contribution in [3.05, 3.63) is 41.7 Å². The average molecular weight is 351 g/mol. The molecule has 2 aliphatic rings. The van der Waals surface area contributed by atoms with Gasteiger partial charge in [-0.3, -0.25) is 0 Å². The Morgan fingerprint density at radius 1 is 0.962 bits per heavy atom. The molecule has 0 spiro atoms. The molecule has 4 rings (SSSR count). The van der Waals surface area contributed by atoms with Gasteiger partial charge in [0.2, 0.25) is 0 Å². The molecule has 0 unspecified atom stereocenters. The molecule has 1 saturated carbocycles. The second kappa shape index (κ2) is 7.52. The summed E-state index contributed by atoms with van der Waals surface area (Å²) in [5, 5.41) is 3.58. The maximum Gasteiger partial charge on any atom is 0.134 e. The Kier molecular flexibility index (Phi) is 4.96. The lowest BCUT2D eigenvalue weighted by molar-refractivity contribution is 0.645. The van der Waals surface area contributed by atoms with Gasteiger partial charge in [-0.2, -0.15) is 0 Å². The highest BCUT2D eigenvalue weighted by Crippen LogP contribution is 2.26. The number of aryl methyl sites for hydroxylation is 1. The highest BCUT2D eigenvalue weighted by atomic mass is 15.3. The molecular formula is C21H29N5. The predicted molar refractivity (Wildman–Crippen MR) is 108 cm³/mol. The molecule has 0 radical (unpaired) electrons. The van der Waals surface area contributed by atoms with Crippen LogP contribution in [0.2, 0.25) is 0 Å². The first-order valence-electron chi connectivity index (χ1n) is 9.85. The smallest absolute Gasteiger partial charge is 0.134 e. The van der Waals surface area contributed by atoms with Crippen LogP contribution >= 0.6 is 0 Å². The zero-order valence-electron chi connectivity index (χ0n) is 15.9. The van der Waals surface area contributed by atoms with Gasteiger partial charge in [0.1, 0.15) is 18.0 Å². The number of hydrogen-bond donors (Lipinski definition) is 1. The molecule has 26 heavy (non-hydrogen) atoms. The number of rotatable bonds is 4. The summed E-state index contributed by atoms with van der Waals surface area (Å²) < 4.78 is 0. The summed E-state index contributed by atoms with van der Waals surface area (Å²) in [5.74, 6) is 2.01. The van der Waals surface area contributed by atoms with Gasteiger partial charge in [0.25, 0.3) is 0 Å². The van der Waals surface area contributed by atoms with Crippen LogP contribution in [-0.2, 0) is 0 Å². The lowest BCUT2D eigenvalue weighted by Crippen LogP contribution is -2.47. The molecule has 2 heterocycles. The first-order valence-corrected chi connectivity index (χ1v) is 9.85. The van der Waals surface area contributed by atoms with Crippen LogP contribution in [-0.4, -0.2) is 42.2 Å². The summed E-state index contributed by atoms with van der Waals surface area (Å²) in [6.45, 7) is 8.46. The molecule has 5 nitrogen and oxygen atoms in total. The summed E-state index contributed by atoms with van der Waals surface area (Å²) in [6.07, 6.45) is 6.87. The summed E-state index contributed by atoms with van der Waals surface area (Å²) in [7, 11) is 0. The monoisotopic (exact) mass is 351 g/mol. The Morgan fingerprint density at radius 2 is 1.69 bits per heavy atom. The van der Waals surface area contributed by atoms with Gasteiger partial charge in [-0.15, -0.1) is 0 Å². The third-order valence-corrected chi connectivity index (χ3v) is 5.88. The van der Waals surface area contributed by atoms with Crippen LogP contribution in [0.15, 0.2) is 30.6 Å². The first-order chi connectivity index (χ1) is 12.7. The minimum absolute atomic E-state index is 0.582. The number of aromatic nitrogens is 2. The van der Waals surface area contributed by atoms with Crippen molar-refractivity contribution in [2.45, 2.75) is 45.6 Å². The molecule has 1 N–H and O–H groups in total. The van der Waals surface area contributed by atoms with E-state index in [4.69, 9.17) is 0 Å². The van der Waals surface area contributed by atoms with Crippen molar-refractivity contribution in [2.75, 3.05) is 41.3 Å². The average Bonchev–Trinajstić information content (AvgIpc) is 3.17. The van der Waals surface area contributed by atoms with E-state index in [-0.39, 0.29) is 0 Å². The molecule has 1 aromatic carbocycles. The number of nitrogens with one attached hydrogen (secondary N) is 1. The van der Waals surface area contributed by atoms with Crippen LogP contribution < -0.4 is 15.1 Å². The van der Waals surface area contributed by atoms with Crippen LogP contribution in [0.3, 0.4) is 0 Å². The van der Waals surface area contributed by atoms with Gasteiger partial charge in [-0.1, -0.05) is 25.0 Å². The molecule has 0 atom stereocenters. The van der Waals surface area contributed by atoms with E-state index < -0.39 is 0 Å². The van der Waals surface area contributed by atoms with E-state index in [9.17, 15) is 0 Å². The number of nitrogens with zero attached hydrogens (tertiary/aromatic N) is 4. The molecule has 2 aromatic rings. The Morgan fingerprint density at radius 3 is 2.46 bits per heavy atom. The minimum atomic E-state index is 0.582. The zero-order valence-corrected chi connectivity index (χ0v) is 15.9. The summed E-state index contributed by atoms with van der Waals surface area (Å²) in [5.41, 5.74) is 4.13. The molecule has 2 fully saturated rings. The fraction of sp³-hybridized carbons (Fsp3) is 0.524. The number of piperazine rings is 1. The Hall–Kier alpha value is -2.30. The van der Waals surface area contributed by atoms with Gasteiger partial charge in [-0.25, -0.2) is 9.97 Å². The van der Waals surface area contributed by atoms with Crippen molar-refractivity contribution in [2.24, 2.45) is 0 Å². The number of hydrogen-bond acceptors (Lipinski definition) is 5. The van der Waals surface area contributed by atoms with Gasteiger partial charge < -0.3 is 15.1 Å². The topological polar surface area (TPSA) is 44.3 Å². The molecule has 1 aliphatic heterocycles. The van der Waals surface area contributed by atoms with Crippen LogP contribution in [0.5, 0.6) is 0 Å². The summed E-state index contributed by atoms with van der Waals surface area (Å²) >= 11 is 0. The van der Waals surface area contributed by atoms with Crippen molar-refractivity contribution < 1.29 is 0 Å². The van der Waals surface area contributed by atoms with E-state index in [1.54, 1.807) is 6.33 Å². The molecule has 0 bridgehead atoms. The Labute approximate surface area is 156 Å². The fourth-order valence-electron chi connectivity index (χ4n) is 4.13. The van der Waals surface area contributed by atoms with E-state index in [2.05, 4.69) is 63.2 Å². The standard InChI is InChI=1S/C21H29N5/c1-16-6-5-9-19(17(16)2)25-10-12-26(13-11-25)21-14-20(22-15-23-21)24-18-7-3-4-8-18/h5-6,9,14-15,18H,3-4,7-8,10-13H2,1-2H3,(H,22,23,24). The fourth-order valence-corrected chi connectivity index (χ4v) is 4.13. The molecule has 1 saturated heterocycles. The maximum absolute atomic E-state index is 4.52. The predicted octanol–water partition coefficient (Wildman–Crippen LogP) is 3.77. The van der Waals surface area contributed by atoms with Crippen molar-refractivity contribution >= 4 is 17.3 Å². The van der Waals surface area contributed by atoms with Gasteiger partial charge in [-0.05, 0) is 43.9 Å². The number of anilines is 3. The second-order valence-corrected chi connectivity index (χ2v) is 7.58. The van der Waals surface area contributed by atoms with Crippen LogP contribution in [0, 0.1) is 13.8 Å². The number of benzene rings is 1. The SMILES string of the molecule is Cc1cccc(N2CCN(c3cc(NC4CCCC4)ncn3)CC2)c1C. The van der Waals surface area contributed by atoms with Gasteiger partial charge in [0, 0.05) is 44.0 Å². The van der Waals surface area contributed by atoms with E-state index in [0.717, 1.165) is 37.8 Å². The highest BCUT2D eigenvalue weighted by molar-refractivity contribution is 5.57. The quantitative estimate of drug-likeness (QED) is 0.908. The summed E-state index contributed by atoms with van der Waals surface area (Å²) in [4.78, 5) is 13.8. The third-order valence-electron chi connectivity index (χ3n) is 5.88. The Bertz CT molecular complexity index is 746. The molecular weight excluding hydrogens is 322 g/mol. The molecule has 1 aromatic heterocycles. The van der Waals surface area contributed by atoms with Crippen molar-refractivity contribution in [1.82, 2.24) is 9.97 Å². The summed E-state index contributed by atoms with van der Waals surface area (Å²) in [6, 6.07) is 9.29. The van der Waals surface area contributed by atoms with Crippen LogP contribution in [0.1, 0.15) is 36.8 Å². The highest BCUT2D eigenvalue weighted by Gasteiger charge is 2.21. The van der Waals surface area contributed by atoms with E-state index in [1.807, 2.05) is 0 Å². The maximum atomic E-state index is 4.52. The Balaban J connectivity index is 1.40. The van der Waals surface area contributed by atoms with Gasteiger partial charge >= 0.3 is 0 Å². The normalized spacial score (nSPS) is 18.4.